The van der Waals surface area contributed by atoms with Crippen molar-refractivity contribution >= 4 is 10.8 Å². The van der Waals surface area contributed by atoms with Gasteiger partial charge in [0, 0.05) is 19.8 Å². The molecule has 2 rings (SSSR count). The summed E-state index contributed by atoms with van der Waals surface area (Å²) in [4.78, 5) is 0. The lowest BCUT2D eigenvalue weighted by Gasteiger charge is -2.18. The molecule has 0 aliphatic rings. The molecule has 0 aromatic heterocycles. The molecule has 2 aromatic carbocycles. The molecular formula is C16H21NO. The van der Waals surface area contributed by atoms with Crippen LogP contribution in [0.3, 0.4) is 0 Å². The molecule has 0 fully saturated rings. The summed E-state index contributed by atoms with van der Waals surface area (Å²) < 4.78 is 5.17. The van der Waals surface area contributed by atoms with Gasteiger partial charge in [0.25, 0.3) is 0 Å². The highest BCUT2D eigenvalue weighted by Gasteiger charge is 2.13. The van der Waals surface area contributed by atoms with E-state index < -0.39 is 0 Å². The van der Waals surface area contributed by atoms with Gasteiger partial charge in [-0.25, -0.2) is 0 Å². The molecule has 96 valence electrons. The highest BCUT2D eigenvalue weighted by atomic mass is 16.5. The smallest absolute Gasteiger partial charge is 0.0488 e. The van der Waals surface area contributed by atoms with Crippen LogP contribution in [0.1, 0.15) is 24.9 Å². The van der Waals surface area contributed by atoms with Gasteiger partial charge in [0.15, 0.2) is 0 Å². The van der Waals surface area contributed by atoms with Gasteiger partial charge in [-0.05, 0) is 28.7 Å². The third kappa shape index (κ3) is 2.89. The quantitative estimate of drug-likeness (QED) is 0.872. The molecule has 2 aromatic rings. The first-order valence-corrected chi connectivity index (χ1v) is 6.44. The molecule has 0 radical (unpaired) electrons. The van der Waals surface area contributed by atoms with Gasteiger partial charge < -0.3 is 10.5 Å². The van der Waals surface area contributed by atoms with Crippen molar-refractivity contribution in [3.05, 3.63) is 48.0 Å². The van der Waals surface area contributed by atoms with Crippen LogP contribution < -0.4 is 5.73 Å². The van der Waals surface area contributed by atoms with Gasteiger partial charge >= 0.3 is 0 Å². The second-order valence-corrected chi connectivity index (χ2v) is 4.97. The van der Waals surface area contributed by atoms with Crippen LogP contribution in [0.4, 0.5) is 0 Å². The molecule has 0 amide bonds. The minimum absolute atomic E-state index is 0.0706. The summed E-state index contributed by atoms with van der Waals surface area (Å²) in [7, 11) is 1.74. The predicted molar refractivity (Wildman–Crippen MR) is 76.5 cm³/mol. The van der Waals surface area contributed by atoms with E-state index in [4.69, 9.17) is 10.5 Å². The van der Waals surface area contributed by atoms with Gasteiger partial charge in [-0.2, -0.15) is 0 Å². The lowest BCUT2D eigenvalue weighted by atomic mass is 9.93. The van der Waals surface area contributed by atoms with Crippen molar-refractivity contribution in [2.24, 2.45) is 11.7 Å². The number of fused-ring (bicyclic) bond motifs is 1. The minimum Gasteiger partial charge on any atom is -0.384 e. The number of methoxy groups -OCH3 is 1. The number of ether oxygens (including phenoxy) is 1. The van der Waals surface area contributed by atoms with E-state index in [1.165, 1.54) is 16.3 Å². The van der Waals surface area contributed by atoms with Gasteiger partial charge in [-0.1, -0.05) is 49.4 Å². The van der Waals surface area contributed by atoms with E-state index >= 15 is 0 Å². The van der Waals surface area contributed by atoms with Crippen LogP contribution in [0.15, 0.2) is 42.5 Å². The molecule has 0 spiro atoms. The fraction of sp³-hybridized carbons (Fsp3) is 0.375. The van der Waals surface area contributed by atoms with E-state index in [-0.39, 0.29) is 6.04 Å². The molecule has 2 N–H and O–H groups in total. The summed E-state index contributed by atoms with van der Waals surface area (Å²) in [5.41, 5.74) is 7.57. The van der Waals surface area contributed by atoms with Crippen molar-refractivity contribution in [2.45, 2.75) is 19.4 Å². The van der Waals surface area contributed by atoms with Gasteiger partial charge in [-0.15, -0.1) is 0 Å². The second kappa shape index (κ2) is 5.98. The Bertz CT molecular complexity index is 504. The van der Waals surface area contributed by atoms with E-state index in [1.54, 1.807) is 7.11 Å². The van der Waals surface area contributed by atoms with Crippen molar-refractivity contribution in [3.8, 4) is 0 Å². The average molecular weight is 243 g/mol. The second-order valence-electron chi connectivity index (χ2n) is 4.97. The van der Waals surface area contributed by atoms with Crippen molar-refractivity contribution in [1.82, 2.24) is 0 Å². The Hall–Kier alpha value is -1.38. The molecule has 0 bridgehead atoms. The zero-order valence-electron chi connectivity index (χ0n) is 11.1. The predicted octanol–water partition coefficient (Wildman–Crippen LogP) is 3.51. The van der Waals surface area contributed by atoms with Crippen LogP contribution >= 0.6 is 0 Å². The Labute approximate surface area is 109 Å². The van der Waals surface area contributed by atoms with E-state index in [2.05, 4.69) is 49.4 Å². The Balaban J connectivity index is 2.24. The average Bonchev–Trinajstić information content (AvgIpc) is 2.38. The normalized spacial score (nSPS) is 14.6. The minimum atomic E-state index is 0.0706. The van der Waals surface area contributed by atoms with Crippen LogP contribution in [-0.2, 0) is 4.74 Å². The maximum Gasteiger partial charge on any atom is 0.0488 e. The summed E-state index contributed by atoms with van der Waals surface area (Å²) >= 11 is 0. The molecule has 2 atom stereocenters. The van der Waals surface area contributed by atoms with Crippen molar-refractivity contribution < 1.29 is 4.74 Å². The molecular weight excluding hydrogens is 222 g/mol. The fourth-order valence-corrected chi connectivity index (χ4v) is 2.49. The Morgan fingerprint density at radius 3 is 2.61 bits per heavy atom. The standard InChI is InChI=1S/C16H21NO/c1-12(11-18-2)10-16(17)15-9-5-7-13-6-3-4-8-14(13)15/h3-9,12,16H,10-11,17H2,1-2H3. The molecule has 0 aliphatic carbocycles. The zero-order valence-corrected chi connectivity index (χ0v) is 11.1. The van der Waals surface area contributed by atoms with E-state index in [1.807, 2.05) is 0 Å². The van der Waals surface area contributed by atoms with Gasteiger partial charge in [0.1, 0.15) is 0 Å². The summed E-state index contributed by atoms with van der Waals surface area (Å²) in [6.07, 6.45) is 0.946. The highest BCUT2D eigenvalue weighted by molar-refractivity contribution is 5.86. The number of benzene rings is 2. The Morgan fingerprint density at radius 2 is 1.83 bits per heavy atom. The zero-order chi connectivity index (χ0) is 13.0. The van der Waals surface area contributed by atoms with Crippen molar-refractivity contribution in [3.63, 3.8) is 0 Å². The first-order valence-electron chi connectivity index (χ1n) is 6.44. The molecule has 0 saturated heterocycles. The first-order chi connectivity index (χ1) is 8.72. The number of rotatable bonds is 5. The summed E-state index contributed by atoms with van der Waals surface area (Å²) in [5.74, 6) is 0.476. The van der Waals surface area contributed by atoms with Crippen molar-refractivity contribution in [1.29, 1.82) is 0 Å². The summed E-state index contributed by atoms with van der Waals surface area (Å²) in [6, 6.07) is 14.8. The maximum absolute atomic E-state index is 6.34. The summed E-state index contributed by atoms with van der Waals surface area (Å²) in [5, 5.41) is 2.52. The maximum atomic E-state index is 6.34. The highest BCUT2D eigenvalue weighted by Crippen LogP contribution is 2.26. The number of hydrogen-bond acceptors (Lipinski definition) is 2. The van der Waals surface area contributed by atoms with Gasteiger partial charge in [-0.3, -0.25) is 0 Å². The van der Waals surface area contributed by atoms with Crippen LogP contribution in [-0.4, -0.2) is 13.7 Å². The van der Waals surface area contributed by atoms with E-state index in [9.17, 15) is 0 Å². The third-order valence-corrected chi connectivity index (χ3v) is 3.33. The fourth-order valence-electron chi connectivity index (χ4n) is 2.49. The SMILES string of the molecule is COCC(C)CC(N)c1cccc2ccccc12. The van der Waals surface area contributed by atoms with E-state index in [0.717, 1.165) is 13.0 Å². The van der Waals surface area contributed by atoms with Crippen molar-refractivity contribution in [2.75, 3.05) is 13.7 Å². The monoisotopic (exact) mass is 243 g/mol. The number of hydrogen-bond donors (Lipinski definition) is 1. The molecule has 0 saturated carbocycles. The molecule has 0 aliphatic heterocycles. The van der Waals surface area contributed by atoms with Gasteiger partial charge in [0.05, 0.1) is 0 Å². The number of nitrogens with two attached hydrogens (primary N) is 1. The third-order valence-electron chi connectivity index (χ3n) is 3.33. The van der Waals surface area contributed by atoms with Gasteiger partial charge in [0.2, 0.25) is 0 Å². The van der Waals surface area contributed by atoms with Crippen LogP contribution in [0.5, 0.6) is 0 Å². The van der Waals surface area contributed by atoms with E-state index in [0.29, 0.717) is 5.92 Å². The first kappa shape index (κ1) is 13.1. The molecule has 0 heterocycles. The lowest BCUT2D eigenvalue weighted by Crippen LogP contribution is -2.16. The lowest BCUT2D eigenvalue weighted by molar-refractivity contribution is 0.152. The Morgan fingerprint density at radius 1 is 1.11 bits per heavy atom. The van der Waals surface area contributed by atoms with Crippen LogP contribution in [0, 0.1) is 5.92 Å². The van der Waals surface area contributed by atoms with Crippen LogP contribution in [0.2, 0.25) is 0 Å². The summed E-state index contributed by atoms with van der Waals surface area (Å²) in [6.45, 7) is 2.94. The topological polar surface area (TPSA) is 35.2 Å². The van der Waals surface area contributed by atoms with Crippen LogP contribution in [0.25, 0.3) is 10.8 Å². The Kier molecular flexibility index (Phi) is 4.34. The largest absolute Gasteiger partial charge is 0.384 e. The molecule has 18 heavy (non-hydrogen) atoms. The molecule has 2 heteroatoms. The molecule has 2 nitrogen and oxygen atoms in total. The molecule has 2 unspecified atom stereocenters.